The maximum Gasteiger partial charge on any atom is 0.340 e. The van der Waals surface area contributed by atoms with E-state index in [0.717, 1.165) is 0 Å². The molecule has 0 aliphatic heterocycles. The van der Waals surface area contributed by atoms with E-state index in [2.05, 4.69) is 20.6 Å². The first kappa shape index (κ1) is 18.1. The van der Waals surface area contributed by atoms with Crippen LogP contribution in [-0.2, 0) is 4.74 Å². The zero-order valence-electron chi connectivity index (χ0n) is 14.7. The van der Waals surface area contributed by atoms with E-state index in [-0.39, 0.29) is 18.5 Å². The summed E-state index contributed by atoms with van der Waals surface area (Å²) in [5.74, 6) is -0.470. The number of amides is 1. The third-order valence-electron chi connectivity index (χ3n) is 3.61. The van der Waals surface area contributed by atoms with Crippen molar-refractivity contribution in [2.75, 3.05) is 17.2 Å². The fraction of sp³-hybridized carbons (Fsp3) is 0.100. The van der Waals surface area contributed by atoms with Crippen LogP contribution in [0.15, 0.2) is 67.0 Å². The number of nitrogens with zero attached hydrogens (tertiary/aromatic N) is 2. The van der Waals surface area contributed by atoms with Crippen LogP contribution in [0.3, 0.4) is 0 Å². The van der Waals surface area contributed by atoms with Crippen LogP contribution in [-0.4, -0.2) is 28.5 Å². The highest BCUT2D eigenvalue weighted by atomic mass is 16.5. The number of hydrogen-bond acceptors (Lipinski definition) is 6. The lowest BCUT2D eigenvalue weighted by Crippen LogP contribution is -2.13. The van der Waals surface area contributed by atoms with Crippen molar-refractivity contribution < 1.29 is 14.3 Å². The molecular weight excluding hydrogens is 344 g/mol. The van der Waals surface area contributed by atoms with Crippen molar-refractivity contribution in [1.29, 1.82) is 0 Å². The van der Waals surface area contributed by atoms with E-state index in [1.807, 2.05) is 18.2 Å². The Kier molecular flexibility index (Phi) is 5.73. The topological polar surface area (TPSA) is 93.2 Å². The Morgan fingerprint density at radius 1 is 0.963 bits per heavy atom. The Morgan fingerprint density at radius 3 is 2.33 bits per heavy atom. The largest absolute Gasteiger partial charge is 0.462 e. The molecule has 1 heterocycles. The van der Waals surface area contributed by atoms with Crippen molar-refractivity contribution in [2.24, 2.45) is 0 Å². The molecular formula is C20H18N4O3. The molecule has 136 valence electrons. The number of carbonyl (C=O) groups excluding carboxylic acids is 2. The lowest BCUT2D eigenvalue weighted by Gasteiger charge is -2.10. The number of carbonyl (C=O) groups is 2. The van der Waals surface area contributed by atoms with Crippen LogP contribution in [0.5, 0.6) is 0 Å². The molecule has 7 nitrogen and oxygen atoms in total. The lowest BCUT2D eigenvalue weighted by atomic mass is 10.2. The molecule has 27 heavy (non-hydrogen) atoms. The lowest BCUT2D eigenvalue weighted by molar-refractivity contribution is 0.0527. The van der Waals surface area contributed by atoms with E-state index in [9.17, 15) is 9.59 Å². The van der Waals surface area contributed by atoms with Crippen molar-refractivity contribution in [3.63, 3.8) is 0 Å². The standard InChI is InChI=1S/C20H18N4O3/c1-2-27-19(26)16-10-6-7-11-17(16)24-20-21-12-14(13-22-20)18(25)23-15-8-4-3-5-9-15/h3-13H,2H2,1H3,(H,23,25)(H,21,22,24). The number of hydrogen-bond donors (Lipinski definition) is 2. The van der Waals surface area contributed by atoms with Crippen LogP contribution in [0, 0.1) is 0 Å². The van der Waals surface area contributed by atoms with Crippen molar-refractivity contribution in [1.82, 2.24) is 9.97 Å². The van der Waals surface area contributed by atoms with E-state index in [4.69, 9.17) is 4.74 Å². The van der Waals surface area contributed by atoms with Gasteiger partial charge in [-0.1, -0.05) is 30.3 Å². The fourth-order valence-electron chi connectivity index (χ4n) is 2.33. The van der Waals surface area contributed by atoms with Crippen LogP contribution in [0.1, 0.15) is 27.6 Å². The van der Waals surface area contributed by atoms with Gasteiger partial charge in [-0.05, 0) is 31.2 Å². The van der Waals surface area contributed by atoms with E-state index in [0.29, 0.717) is 22.5 Å². The first-order valence-electron chi connectivity index (χ1n) is 8.39. The van der Waals surface area contributed by atoms with E-state index < -0.39 is 5.97 Å². The highest BCUT2D eigenvalue weighted by Gasteiger charge is 2.13. The minimum absolute atomic E-state index is 0.267. The minimum atomic E-state index is -0.431. The Morgan fingerprint density at radius 2 is 1.63 bits per heavy atom. The molecule has 2 aromatic carbocycles. The molecule has 1 amide bonds. The van der Waals surface area contributed by atoms with Gasteiger partial charge in [0.25, 0.3) is 5.91 Å². The zero-order chi connectivity index (χ0) is 19.1. The third kappa shape index (κ3) is 4.66. The molecule has 3 rings (SSSR count). The SMILES string of the molecule is CCOC(=O)c1ccccc1Nc1ncc(C(=O)Nc2ccccc2)cn1. The highest BCUT2D eigenvalue weighted by Crippen LogP contribution is 2.19. The van der Waals surface area contributed by atoms with Gasteiger partial charge in [-0.25, -0.2) is 14.8 Å². The van der Waals surface area contributed by atoms with Gasteiger partial charge < -0.3 is 15.4 Å². The number of ether oxygens (including phenoxy) is 1. The molecule has 0 spiro atoms. The number of benzene rings is 2. The highest BCUT2D eigenvalue weighted by molar-refractivity contribution is 6.04. The number of esters is 1. The van der Waals surface area contributed by atoms with Crippen molar-refractivity contribution >= 4 is 29.2 Å². The molecule has 0 fully saturated rings. The summed E-state index contributed by atoms with van der Waals surface area (Å²) in [6.07, 6.45) is 2.83. The summed E-state index contributed by atoms with van der Waals surface area (Å²) in [4.78, 5) is 32.5. The van der Waals surface area contributed by atoms with E-state index in [1.54, 1.807) is 43.3 Å². The van der Waals surface area contributed by atoms with Crippen molar-refractivity contribution in [2.45, 2.75) is 6.92 Å². The summed E-state index contributed by atoms with van der Waals surface area (Å²) in [7, 11) is 0. The second kappa shape index (κ2) is 8.57. The average molecular weight is 362 g/mol. The summed E-state index contributed by atoms with van der Waals surface area (Å²) in [6.45, 7) is 2.03. The van der Waals surface area contributed by atoms with Gasteiger partial charge in [0.1, 0.15) is 0 Å². The second-order valence-electron chi connectivity index (χ2n) is 5.51. The average Bonchev–Trinajstić information content (AvgIpc) is 2.70. The van der Waals surface area contributed by atoms with Gasteiger partial charge in [-0.3, -0.25) is 4.79 Å². The molecule has 0 aliphatic carbocycles. The molecule has 0 unspecified atom stereocenters. The fourth-order valence-corrected chi connectivity index (χ4v) is 2.33. The molecule has 0 atom stereocenters. The van der Waals surface area contributed by atoms with Gasteiger partial charge >= 0.3 is 5.97 Å². The van der Waals surface area contributed by atoms with Crippen molar-refractivity contribution in [3.05, 3.63) is 78.1 Å². The van der Waals surface area contributed by atoms with Gasteiger partial charge in [-0.15, -0.1) is 0 Å². The monoisotopic (exact) mass is 362 g/mol. The predicted octanol–water partition coefficient (Wildman–Crippen LogP) is 3.65. The smallest absolute Gasteiger partial charge is 0.340 e. The summed E-state index contributed by atoms with van der Waals surface area (Å²) < 4.78 is 5.04. The van der Waals surface area contributed by atoms with Crippen LogP contribution < -0.4 is 10.6 Å². The van der Waals surface area contributed by atoms with Crippen LogP contribution in [0.2, 0.25) is 0 Å². The minimum Gasteiger partial charge on any atom is -0.462 e. The van der Waals surface area contributed by atoms with Gasteiger partial charge in [0.05, 0.1) is 23.4 Å². The number of para-hydroxylation sites is 2. The quantitative estimate of drug-likeness (QED) is 0.650. The first-order valence-corrected chi connectivity index (χ1v) is 8.39. The summed E-state index contributed by atoms with van der Waals surface area (Å²) >= 11 is 0. The molecule has 1 aromatic heterocycles. The Labute approximate surface area is 156 Å². The van der Waals surface area contributed by atoms with Gasteiger partial charge in [0, 0.05) is 18.1 Å². The van der Waals surface area contributed by atoms with Crippen LogP contribution in [0.4, 0.5) is 17.3 Å². The molecule has 7 heteroatoms. The summed E-state index contributed by atoms with van der Waals surface area (Å²) in [5, 5.41) is 5.74. The van der Waals surface area contributed by atoms with Crippen LogP contribution >= 0.6 is 0 Å². The van der Waals surface area contributed by atoms with Gasteiger partial charge in [0.2, 0.25) is 5.95 Å². The molecule has 0 aliphatic rings. The Bertz CT molecular complexity index is 927. The van der Waals surface area contributed by atoms with E-state index >= 15 is 0 Å². The molecule has 2 N–H and O–H groups in total. The predicted molar refractivity (Wildman–Crippen MR) is 102 cm³/mol. The molecule has 0 saturated heterocycles. The number of aromatic nitrogens is 2. The Hall–Kier alpha value is -3.74. The second-order valence-corrected chi connectivity index (χ2v) is 5.51. The zero-order valence-corrected chi connectivity index (χ0v) is 14.7. The van der Waals surface area contributed by atoms with Crippen LogP contribution in [0.25, 0.3) is 0 Å². The molecule has 0 bridgehead atoms. The molecule has 0 saturated carbocycles. The number of nitrogens with one attached hydrogen (secondary N) is 2. The molecule has 0 radical (unpaired) electrons. The maximum atomic E-state index is 12.2. The summed E-state index contributed by atoms with van der Waals surface area (Å²) in [6, 6.07) is 16.0. The maximum absolute atomic E-state index is 12.2. The number of rotatable bonds is 6. The normalized spacial score (nSPS) is 10.1. The summed E-state index contributed by atoms with van der Waals surface area (Å²) in [5.41, 5.74) is 1.92. The van der Waals surface area contributed by atoms with E-state index in [1.165, 1.54) is 12.4 Å². The third-order valence-corrected chi connectivity index (χ3v) is 3.61. The van der Waals surface area contributed by atoms with Gasteiger partial charge in [0.15, 0.2) is 0 Å². The first-order chi connectivity index (χ1) is 13.2. The Balaban J connectivity index is 1.71. The molecule has 3 aromatic rings. The number of anilines is 3. The van der Waals surface area contributed by atoms with Gasteiger partial charge in [-0.2, -0.15) is 0 Å². The van der Waals surface area contributed by atoms with Crippen molar-refractivity contribution in [3.8, 4) is 0 Å².